The molecule has 0 aliphatic carbocycles. The minimum Gasteiger partial charge on any atom is -0.497 e. The van der Waals surface area contributed by atoms with Gasteiger partial charge in [0.05, 0.1) is 26.5 Å². The first-order valence-corrected chi connectivity index (χ1v) is 10.0. The molecule has 0 saturated carbocycles. The summed E-state index contributed by atoms with van der Waals surface area (Å²) >= 11 is 0. The highest BCUT2D eigenvalue weighted by molar-refractivity contribution is 5.95. The molecule has 1 aliphatic heterocycles. The molecule has 0 aromatic heterocycles. The summed E-state index contributed by atoms with van der Waals surface area (Å²) in [6, 6.07) is 11.1. The van der Waals surface area contributed by atoms with Crippen LogP contribution in [0.1, 0.15) is 21.5 Å². The smallest absolute Gasteiger partial charge is 0.253 e. The van der Waals surface area contributed by atoms with Crippen LogP contribution in [-0.2, 0) is 4.79 Å². The highest BCUT2D eigenvalue weighted by atomic mass is 16.5. The Bertz CT molecular complexity index is 921. The van der Waals surface area contributed by atoms with Crippen molar-refractivity contribution in [3.63, 3.8) is 0 Å². The largest absolute Gasteiger partial charge is 0.497 e. The highest BCUT2D eigenvalue weighted by Gasteiger charge is 2.23. The predicted molar refractivity (Wildman–Crippen MR) is 116 cm³/mol. The molecule has 0 spiro atoms. The summed E-state index contributed by atoms with van der Waals surface area (Å²) < 4.78 is 10.5. The molecule has 1 saturated heterocycles. The number of methoxy groups -OCH3 is 2. The van der Waals surface area contributed by atoms with Crippen molar-refractivity contribution in [3.8, 4) is 11.5 Å². The summed E-state index contributed by atoms with van der Waals surface area (Å²) in [7, 11) is 3.13. The Hall–Kier alpha value is -3.06. The number of rotatable bonds is 6. The van der Waals surface area contributed by atoms with Gasteiger partial charge in [0.25, 0.3) is 5.91 Å². The molecule has 0 atom stereocenters. The summed E-state index contributed by atoms with van der Waals surface area (Å²) in [4.78, 5) is 29.2. The van der Waals surface area contributed by atoms with Gasteiger partial charge in [-0.15, -0.1) is 0 Å². The van der Waals surface area contributed by atoms with E-state index >= 15 is 0 Å². The van der Waals surface area contributed by atoms with E-state index in [4.69, 9.17) is 9.47 Å². The van der Waals surface area contributed by atoms with Crippen molar-refractivity contribution in [2.75, 3.05) is 52.3 Å². The second-order valence-corrected chi connectivity index (χ2v) is 7.48. The Labute approximate surface area is 177 Å². The second-order valence-electron chi connectivity index (χ2n) is 7.48. The Balaban J connectivity index is 1.54. The van der Waals surface area contributed by atoms with Crippen LogP contribution in [-0.4, -0.2) is 68.6 Å². The van der Waals surface area contributed by atoms with Gasteiger partial charge in [-0.25, -0.2) is 0 Å². The molecule has 1 heterocycles. The summed E-state index contributed by atoms with van der Waals surface area (Å²) in [5.41, 5.74) is 3.58. The molecule has 0 bridgehead atoms. The number of nitrogens with one attached hydrogen (secondary N) is 1. The van der Waals surface area contributed by atoms with Crippen LogP contribution in [0.3, 0.4) is 0 Å². The van der Waals surface area contributed by atoms with Crippen molar-refractivity contribution in [2.24, 2.45) is 0 Å². The summed E-state index contributed by atoms with van der Waals surface area (Å²) in [6.45, 7) is 6.81. The Kier molecular flexibility index (Phi) is 6.95. The van der Waals surface area contributed by atoms with E-state index in [1.165, 1.54) is 5.56 Å². The lowest BCUT2D eigenvalue weighted by Gasteiger charge is -2.34. The number of benzene rings is 2. The molecule has 7 nitrogen and oxygen atoms in total. The van der Waals surface area contributed by atoms with Crippen LogP contribution in [0.25, 0.3) is 0 Å². The molecule has 1 N–H and O–H groups in total. The number of piperazine rings is 1. The molecular weight excluding hydrogens is 382 g/mol. The lowest BCUT2D eigenvalue weighted by Crippen LogP contribution is -2.50. The Morgan fingerprint density at radius 1 is 0.933 bits per heavy atom. The minimum atomic E-state index is -0.129. The van der Waals surface area contributed by atoms with Crippen molar-refractivity contribution in [1.29, 1.82) is 0 Å². The quantitative estimate of drug-likeness (QED) is 0.792. The van der Waals surface area contributed by atoms with E-state index in [0.29, 0.717) is 43.4 Å². The molecule has 0 unspecified atom stereocenters. The fourth-order valence-electron chi connectivity index (χ4n) is 3.47. The standard InChI is InChI=1S/C23H29N3O4/c1-16-5-6-18(13-17(16)2)23(28)26-11-9-25(10-12-26)15-22(27)24-20-14-19(29-3)7-8-21(20)30-4/h5-8,13-14H,9-12,15H2,1-4H3,(H,24,27). The molecule has 30 heavy (non-hydrogen) atoms. The third kappa shape index (κ3) is 5.10. The number of carbonyl (C=O) groups excluding carboxylic acids is 2. The van der Waals surface area contributed by atoms with E-state index in [1.807, 2.05) is 41.8 Å². The minimum absolute atomic E-state index is 0.0447. The van der Waals surface area contributed by atoms with Gasteiger partial charge in [0, 0.05) is 37.8 Å². The predicted octanol–water partition coefficient (Wildman–Crippen LogP) is 2.72. The van der Waals surface area contributed by atoms with E-state index in [0.717, 1.165) is 11.1 Å². The Morgan fingerprint density at radius 3 is 2.30 bits per heavy atom. The maximum absolute atomic E-state index is 12.8. The van der Waals surface area contributed by atoms with Crippen molar-refractivity contribution < 1.29 is 19.1 Å². The van der Waals surface area contributed by atoms with Crippen LogP contribution in [0.2, 0.25) is 0 Å². The summed E-state index contributed by atoms with van der Waals surface area (Å²) in [6.07, 6.45) is 0. The lowest BCUT2D eigenvalue weighted by atomic mass is 10.1. The van der Waals surface area contributed by atoms with Crippen molar-refractivity contribution in [1.82, 2.24) is 9.80 Å². The van der Waals surface area contributed by atoms with Crippen LogP contribution in [0.15, 0.2) is 36.4 Å². The van der Waals surface area contributed by atoms with Gasteiger partial charge in [0.15, 0.2) is 0 Å². The maximum atomic E-state index is 12.8. The third-order valence-corrected chi connectivity index (χ3v) is 5.46. The average Bonchev–Trinajstić information content (AvgIpc) is 2.75. The first-order chi connectivity index (χ1) is 14.4. The molecule has 2 aromatic carbocycles. The number of carbonyl (C=O) groups is 2. The number of hydrogen-bond acceptors (Lipinski definition) is 5. The molecular formula is C23H29N3O4. The molecule has 2 aromatic rings. The van der Waals surface area contributed by atoms with Gasteiger partial charge in [-0.1, -0.05) is 6.07 Å². The number of amides is 2. The normalized spacial score (nSPS) is 14.3. The van der Waals surface area contributed by atoms with Crippen molar-refractivity contribution in [2.45, 2.75) is 13.8 Å². The van der Waals surface area contributed by atoms with Gasteiger partial charge in [-0.2, -0.15) is 0 Å². The number of nitrogens with zero attached hydrogens (tertiary/aromatic N) is 2. The second kappa shape index (κ2) is 9.63. The lowest BCUT2D eigenvalue weighted by molar-refractivity contribution is -0.117. The number of anilines is 1. The molecule has 0 radical (unpaired) electrons. The van der Waals surface area contributed by atoms with Crippen molar-refractivity contribution in [3.05, 3.63) is 53.1 Å². The van der Waals surface area contributed by atoms with Gasteiger partial charge in [-0.3, -0.25) is 14.5 Å². The van der Waals surface area contributed by atoms with Gasteiger partial charge in [0.1, 0.15) is 11.5 Å². The zero-order valence-electron chi connectivity index (χ0n) is 18.0. The van der Waals surface area contributed by atoms with Crippen LogP contribution in [0, 0.1) is 13.8 Å². The number of ether oxygens (including phenoxy) is 2. The van der Waals surface area contributed by atoms with Gasteiger partial charge >= 0.3 is 0 Å². The van der Waals surface area contributed by atoms with Crippen LogP contribution in [0.4, 0.5) is 5.69 Å². The van der Waals surface area contributed by atoms with Gasteiger partial charge < -0.3 is 19.7 Å². The number of hydrogen-bond donors (Lipinski definition) is 1. The van der Waals surface area contributed by atoms with E-state index in [2.05, 4.69) is 5.32 Å². The Morgan fingerprint density at radius 2 is 1.67 bits per heavy atom. The molecule has 7 heteroatoms. The summed E-state index contributed by atoms with van der Waals surface area (Å²) in [5.74, 6) is 1.14. The van der Waals surface area contributed by atoms with E-state index in [9.17, 15) is 9.59 Å². The zero-order chi connectivity index (χ0) is 21.7. The molecule has 160 valence electrons. The fraction of sp³-hybridized carbons (Fsp3) is 0.391. The van der Waals surface area contributed by atoms with E-state index < -0.39 is 0 Å². The SMILES string of the molecule is COc1ccc(OC)c(NC(=O)CN2CCN(C(=O)c3ccc(C)c(C)c3)CC2)c1. The monoisotopic (exact) mass is 411 g/mol. The third-order valence-electron chi connectivity index (χ3n) is 5.46. The number of aryl methyl sites for hydroxylation is 2. The molecule has 1 fully saturated rings. The first kappa shape index (κ1) is 21.6. The zero-order valence-corrected chi connectivity index (χ0v) is 18.0. The molecule has 2 amide bonds. The summed E-state index contributed by atoms with van der Waals surface area (Å²) in [5, 5.41) is 2.89. The van der Waals surface area contributed by atoms with Crippen molar-refractivity contribution >= 4 is 17.5 Å². The van der Waals surface area contributed by atoms with E-state index in [1.54, 1.807) is 32.4 Å². The first-order valence-electron chi connectivity index (χ1n) is 10.0. The van der Waals surface area contributed by atoms with Crippen LogP contribution in [0.5, 0.6) is 11.5 Å². The van der Waals surface area contributed by atoms with Crippen LogP contribution < -0.4 is 14.8 Å². The highest BCUT2D eigenvalue weighted by Crippen LogP contribution is 2.28. The molecule has 3 rings (SSSR count). The fourth-order valence-corrected chi connectivity index (χ4v) is 3.47. The van der Waals surface area contributed by atoms with Crippen LogP contribution >= 0.6 is 0 Å². The average molecular weight is 412 g/mol. The molecule has 1 aliphatic rings. The van der Waals surface area contributed by atoms with Gasteiger partial charge in [0.2, 0.25) is 5.91 Å². The van der Waals surface area contributed by atoms with Gasteiger partial charge in [-0.05, 0) is 49.2 Å². The topological polar surface area (TPSA) is 71.1 Å². The van der Waals surface area contributed by atoms with E-state index in [-0.39, 0.29) is 18.4 Å². The maximum Gasteiger partial charge on any atom is 0.253 e.